The van der Waals surface area contributed by atoms with Crippen LogP contribution in [0.15, 0.2) is 30.7 Å². The van der Waals surface area contributed by atoms with Gasteiger partial charge in [0.2, 0.25) is 5.95 Å². The molecule has 1 atom stereocenters. The first-order valence-corrected chi connectivity index (χ1v) is 16.3. The van der Waals surface area contributed by atoms with Crippen molar-refractivity contribution in [2.24, 2.45) is 11.3 Å². The number of imidazole rings is 1. The highest BCUT2D eigenvalue weighted by Gasteiger charge is 2.39. The number of rotatable bonds is 12. The summed E-state index contributed by atoms with van der Waals surface area (Å²) >= 11 is 0. The lowest BCUT2D eigenvalue weighted by Crippen LogP contribution is -2.48. The van der Waals surface area contributed by atoms with Gasteiger partial charge in [-0.1, -0.05) is 13.3 Å². The second kappa shape index (κ2) is 13.8. The van der Waals surface area contributed by atoms with Crippen molar-refractivity contribution in [3.05, 3.63) is 42.2 Å². The van der Waals surface area contributed by atoms with Crippen LogP contribution in [-0.4, -0.2) is 106 Å². The predicted molar refractivity (Wildman–Crippen MR) is 175 cm³/mol. The average Bonchev–Trinajstić information content (AvgIpc) is 3.50. The number of fused-ring (bicyclic) bond motifs is 1. The van der Waals surface area contributed by atoms with Crippen LogP contribution >= 0.6 is 0 Å². The van der Waals surface area contributed by atoms with Gasteiger partial charge in [0.15, 0.2) is 11.5 Å². The average molecular weight is 686 g/mol. The molecule has 1 unspecified atom stereocenters. The summed E-state index contributed by atoms with van der Waals surface area (Å²) in [5.74, 6) is -1.24. The monoisotopic (exact) mass is 685 g/mol. The number of carboxylic acids is 1. The van der Waals surface area contributed by atoms with Crippen molar-refractivity contribution in [3.63, 3.8) is 0 Å². The maximum Gasteiger partial charge on any atom is 0.417 e. The van der Waals surface area contributed by atoms with E-state index in [2.05, 4.69) is 39.7 Å². The van der Waals surface area contributed by atoms with E-state index >= 15 is 0 Å². The molecule has 0 radical (unpaired) electrons. The number of halogens is 4. The highest BCUT2D eigenvalue weighted by Crippen LogP contribution is 2.43. The number of nitrogens with one attached hydrogen (secondary N) is 1. The molecule has 0 aromatic carbocycles. The summed E-state index contributed by atoms with van der Waals surface area (Å²) in [5, 5.41) is 9.40. The summed E-state index contributed by atoms with van der Waals surface area (Å²) in [4.78, 5) is 42.6. The molecule has 49 heavy (non-hydrogen) atoms. The van der Waals surface area contributed by atoms with E-state index in [9.17, 15) is 27.5 Å². The molecule has 1 aliphatic heterocycles. The highest BCUT2D eigenvalue weighted by atomic mass is 19.4. The van der Waals surface area contributed by atoms with E-state index in [0.29, 0.717) is 93.1 Å². The van der Waals surface area contributed by atoms with E-state index in [0.717, 1.165) is 19.3 Å². The number of methoxy groups -OCH3 is 1. The number of pyridine rings is 2. The van der Waals surface area contributed by atoms with Crippen molar-refractivity contribution in [2.75, 3.05) is 69.8 Å². The molecule has 262 valence electrons. The van der Waals surface area contributed by atoms with E-state index in [1.807, 2.05) is 18.9 Å². The lowest BCUT2D eigenvalue weighted by molar-refractivity contribution is -0.142. The number of nitrogens with zero attached hydrogens (tertiary/aromatic N) is 8. The van der Waals surface area contributed by atoms with Crippen molar-refractivity contribution in [1.82, 2.24) is 34.8 Å². The number of ether oxygens (including phenoxy) is 1. The fourth-order valence-corrected chi connectivity index (χ4v) is 6.69. The lowest BCUT2D eigenvalue weighted by atomic mass is 9.69. The van der Waals surface area contributed by atoms with Crippen LogP contribution in [0.2, 0.25) is 0 Å². The number of aliphatic carboxylic acids is 1. The van der Waals surface area contributed by atoms with Crippen LogP contribution < -0.4 is 9.80 Å². The fourth-order valence-electron chi connectivity index (χ4n) is 6.69. The first kappa shape index (κ1) is 34.4. The van der Waals surface area contributed by atoms with Gasteiger partial charge in [-0.05, 0) is 31.4 Å². The Hall–Kier alpha value is -4.44. The summed E-state index contributed by atoms with van der Waals surface area (Å²) in [5.41, 5.74) is 0.0933. The highest BCUT2D eigenvalue weighted by molar-refractivity contribution is 5.91. The van der Waals surface area contributed by atoms with E-state index in [-0.39, 0.29) is 22.3 Å². The molecule has 1 aliphatic carbocycles. The molecule has 4 aromatic rings. The van der Waals surface area contributed by atoms with Gasteiger partial charge in [0.25, 0.3) is 0 Å². The minimum Gasteiger partial charge on any atom is -0.481 e. The second-order valence-electron chi connectivity index (χ2n) is 13.0. The maximum absolute atomic E-state index is 15.0. The Kier molecular flexibility index (Phi) is 9.71. The molecular formula is C33H39F4N9O3. The Labute approximate surface area is 280 Å². The van der Waals surface area contributed by atoms with Gasteiger partial charge in [0.1, 0.15) is 17.0 Å². The van der Waals surface area contributed by atoms with Crippen LogP contribution in [0.1, 0.15) is 38.2 Å². The van der Waals surface area contributed by atoms with E-state index < -0.39 is 29.6 Å². The molecule has 0 amide bonds. The molecule has 5 heterocycles. The van der Waals surface area contributed by atoms with Gasteiger partial charge < -0.3 is 24.6 Å². The molecule has 2 N–H and O–H groups in total. The van der Waals surface area contributed by atoms with Gasteiger partial charge in [-0.25, -0.2) is 24.9 Å². The Morgan fingerprint density at radius 2 is 1.84 bits per heavy atom. The number of anilines is 2. The Morgan fingerprint density at radius 1 is 1.08 bits per heavy atom. The number of H-pyrrole nitrogens is 1. The first-order valence-electron chi connectivity index (χ1n) is 16.3. The van der Waals surface area contributed by atoms with Crippen LogP contribution in [0.5, 0.6) is 0 Å². The molecule has 6 rings (SSSR count). The van der Waals surface area contributed by atoms with E-state index in [1.165, 1.54) is 0 Å². The Balaban J connectivity index is 1.30. The quantitative estimate of drug-likeness (QED) is 0.152. The third kappa shape index (κ3) is 7.29. The van der Waals surface area contributed by atoms with Crippen molar-refractivity contribution in [2.45, 2.75) is 38.8 Å². The molecule has 1 saturated carbocycles. The zero-order valence-corrected chi connectivity index (χ0v) is 27.6. The number of carbonyl (C=O) groups is 1. The van der Waals surface area contributed by atoms with E-state index in [4.69, 9.17) is 4.74 Å². The van der Waals surface area contributed by atoms with Gasteiger partial charge in [-0.2, -0.15) is 17.6 Å². The maximum atomic E-state index is 15.0. The number of carboxylic acid groups (broad SMARTS) is 1. The molecule has 16 heteroatoms. The largest absolute Gasteiger partial charge is 0.481 e. The van der Waals surface area contributed by atoms with Gasteiger partial charge in [0, 0.05) is 65.0 Å². The Bertz CT molecular complexity index is 1790. The van der Waals surface area contributed by atoms with Gasteiger partial charge in [0.05, 0.1) is 47.4 Å². The standard InChI is InChI=1S/C33H39F4N9O3/c1-4-20(31(47)48)17-45-8-10-46(11-9-45)26-16-38-24(15-39-26)29-42-27-25(44(2)18-32(19-49-3)6-5-7-32)13-23(41-30(27)43-29)22-12-21(33(35,36)37)14-40-28(22)34/h12-16,20H,4-11,17-19H2,1-3H3,(H,47,48)(H,41,42,43). The smallest absolute Gasteiger partial charge is 0.417 e. The number of aromatic amines is 1. The summed E-state index contributed by atoms with van der Waals surface area (Å²) in [6.45, 7) is 6.28. The SMILES string of the molecule is CCC(CN1CCN(c2cnc(-c3nc4nc(-c5cc(C(F)(F)F)cnc5F)cc(N(C)CC5(COC)CCC5)c4[nH]3)cn2)CC1)C(=O)O. The molecule has 4 aromatic heterocycles. The third-order valence-corrected chi connectivity index (χ3v) is 9.63. The fraction of sp³-hybridized carbons (Fsp3) is 0.515. The Morgan fingerprint density at radius 3 is 2.43 bits per heavy atom. The van der Waals surface area contributed by atoms with Crippen molar-refractivity contribution >= 4 is 28.6 Å². The molecule has 2 aliphatic rings. The van der Waals surface area contributed by atoms with Crippen LogP contribution in [0.25, 0.3) is 33.9 Å². The van der Waals surface area contributed by atoms with Crippen LogP contribution in [0.4, 0.5) is 29.1 Å². The number of aromatic nitrogens is 6. The van der Waals surface area contributed by atoms with Crippen LogP contribution in [0, 0.1) is 17.3 Å². The van der Waals surface area contributed by atoms with Crippen LogP contribution in [-0.2, 0) is 15.7 Å². The normalized spacial score (nSPS) is 17.2. The van der Waals surface area contributed by atoms with Gasteiger partial charge in [-0.3, -0.25) is 9.69 Å². The first-order chi connectivity index (χ1) is 23.4. The molecular weight excluding hydrogens is 646 g/mol. The number of hydrogen-bond donors (Lipinski definition) is 2. The summed E-state index contributed by atoms with van der Waals surface area (Å²) < 4.78 is 61.2. The number of piperazine rings is 1. The lowest BCUT2D eigenvalue weighted by Gasteiger charge is -2.44. The van der Waals surface area contributed by atoms with Crippen molar-refractivity contribution < 1.29 is 32.2 Å². The topological polar surface area (TPSA) is 136 Å². The summed E-state index contributed by atoms with van der Waals surface area (Å²) in [6.07, 6.45) is 2.55. The number of hydrogen-bond acceptors (Lipinski definition) is 10. The number of alkyl halides is 3. The van der Waals surface area contributed by atoms with Crippen molar-refractivity contribution in [1.29, 1.82) is 0 Å². The molecule has 0 bridgehead atoms. The minimum atomic E-state index is -4.72. The van der Waals surface area contributed by atoms with Gasteiger partial charge in [-0.15, -0.1) is 0 Å². The van der Waals surface area contributed by atoms with E-state index in [1.54, 1.807) is 25.6 Å². The summed E-state index contributed by atoms with van der Waals surface area (Å²) in [7, 11) is 3.53. The van der Waals surface area contributed by atoms with Gasteiger partial charge >= 0.3 is 12.1 Å². The summed E-state index contributed by atoms with van der Waals surface area (Å²) in [6, 6.07) is 2.27. The zero-order chi connectivity index (χ0) is 34.9. The molecule has 0 spiro atoms. The predicted octanol–water partition coefficient (Wildman–Crippen LogP) is 5.12. The molecule has 1 saturated heterocycles. The molecule has 12 nitrogen and oxygen atoms in total. The van der Waals surface area contributed by atoms with Crippen LogP contribution in [0.3, 0.4) is 0 Å². The zero-order valence-electron chi connectivity index (χ0n) is 27.6. The van der Waals surface area contributed by atoms with Crippen molar-refractivity contribution in [3.8, 4) is 22.8 Å². The second-order valence-corrected chi connectivity index (χ2v) is 13.0. The molecule has 2 fully saturated rings. The third-order valence-electron chi connectivity index (χ3n) is 9.63. The minimum absolute atomic E-state index is 0.0351.